The fourth-order valence-electron chi connectivity index (χ4n) is 2.81. The van der Waals surface area contributed by atoms with Crippen molar-refractivity contribution in [2.45, 2.75) is 24.2 Å². The van der Waals surface area contributed by atoms with Crippen LogP contribution in [0.1, 0.15) is 22.6 Å². The van der Waals surface area contributed by atoms with Crippen molar-refractivity contribution in [1.29, 1.82) is 0 Å². The third-order valence-electron chi connectivity index (χ3n) is 3.97. The fraction of sp³-hybridized carbons (Fsp3) is 0.250. The first-order chi connectivity index (χ1) is 9.97. The molecule has 4 nitrogen and oxygen atoms in total. The Balaban J connectivity index is 1.73. The lowest BCUT2D eigenvalue weighted by molar-refractivity contribution is 0.551. The van der Waals surface area contributed by atoms with Gasteiger partial charge in [-0.2, -0.15) is 0 Å². The van der Waals surface area contributed by atoms with Crippen molar-refractivity contribution in [3.63, 3.8) is 0 Å². The number of rotatable bonds is 4. The number of nitrogen functional groups attached to an aromatic ring is 1. The van der Waals surface area contributed by atoms with E-state index in [1.54, 1.807) is 25.1 Å². The molecular formula is C16H18N2O2S. The van der Waals surface area contributed by atoms with E-state index in [9.17, 15) is 8.42 Å². The van der Waals surface area contributed by atoms with Gasteiger partial charge in [-0.3, -0.25) is 0 Å². The number of nitrogens with one attached hydrogen (secondary N) is 1. The SMILES string of the molecule is Cc1cc(N)ccc1S(=O)(=O)NCC1Cc2ccccc21. The molecule has 21 heavy (non-hydrogen) atoms. The summed E-state index contributed by atoms with van der Waals surface area (Å²) >= 11 is 0. The van der Waals surface area contributed by atoms with E-state index < -0.39 is 10.0 Å². The summed E-state index contributed by atoms with van der Waals surface area (Å²) in [5.74, 6) is 0.269. The van der Waals surface area contributed by atoms with Gasteiger partial charge in [0.15, 0.2) is 0 Å². The van der Waals surface area contributed by atoms with Gasteiger partial charge in [-0.25, -0.2) is 13.1 Å². The number of aryl methyl sites for hydroxylation is 1. The summed E-state index contributed by atoms with van der Waals surface area (Å²) in [7, 11) is -3.49. The van der Waals surface area contributed by atoms with Gasteiger partial charge in [0, 0.05) is 18.2 Å². The summed E-state index contributed by atoms with van der Waals surface area (Å²) in [6.45, 7) is 2.19. The third-order valence-corrected chi connectivity index (χ3v) is 5.55. The van der Waals surface area contributed by atoms with Gasteiger partial charge in [-0.05, 0) is 48.2 Å². The van der Waals surface area contributed by atoms with E-state index in [1.165, 1.54) is 11.1 Å². The predicted molar refractivity (Wildman–Crippen MR) is 83.7 cm³/mol. The number of sulfonamides is 1. The maximum absolute atomic E-state index is 12.4. The highest BCUT2D eigenvalue weighted by Gasteiger charge is 2.27. The highest BCUT2D eigenvalue weighted by molar-refractivity contribution is 7.89. The first kappa shape index (κ1) is 14.1. The zero-order valence-corrected chi connectivity index (χ0v) is 12.7. The normalized spacial score (nSPS) is 17.1. The molecule has 0 aromatic heterocycles. The smallest absolute Gasteiger partial charge is 0.240 e. The van der Waals surface area contributed by atoms with E-state index in [4.69, 9.17) is 5.73 Å². The summed E-state index contributed by atoms with van der Waals surface area (Å²) in [6, 6.07) is 13.0. The summed E-state index contributed by atoms with van der Waals surface area (Å²) in [5, 5.41) is 0. The minimum atomic E-state index is -3.49. The van der Waals surface area contributed by atoms with Crippen LogP contribution in [0, 0.1) is 6.92 Å². The van der Waals surface area contributed by atoms with E-state index in [1.807, 2.05) is 12.1 Å². The molecule has 0 saturated heterocycles. The number of nitrogens with two attached hydrogens (primary N) is 1. The zero-order valence-electron chi connectivity index (χ0n) is 11.8. The summed E-state index contributed by atoms with van der Waals surface area (Å²) in [6.07, 6.45) is 0.930. The molecule has 110 valence electrons. The molecule has 0 saturated carbocycles. The maximum atomic E-state index is 12.4. The molecule has 0 bridgehead atoms. The lowest BCUT2D eigenvalue weighted by Gasteiger charge is -2.30. The van der Waals surface area contributed by atoms with Crippen LogP contribution in [0.25, 0.3) is 0 Å². The lowest BCUT2D eigenvalue weighted by Crippen LogP contribution is -2.33. The Labute approximate surface area is 125 Å². The third kappa shape index (κ3) is 2.66. The second kappa shape index (κ2) is 5.16. The number of hydrogen-bond donors (Lipinski definition) is 2. The number of anilines is 1. The molecule has 0 spiro atoms. The monoisotopic (exact) mass is 302 g/mol. The molecule has 1 aliphatic carbocycles. The Morgan fingerprint density at radius 3 is 2.71 bits per heavy atom. The fourth-order valence-corrected chi connectivity index (χ4v) is 4.11. The molecule has 2 aromatic carbocycles. The minimum Gasteiger partial charge on any atom is -0.399 e. The van der Waals surface area contributed by atoms with Crippen LogP contribution in [0.15, 0.2) is 47.4 Å². The average Bonchev–Trinajstić information content (AvgIpc) is 2.39. The molecule has 0 heterocycles. The van der Waals surface area contributed by atoms with Gasteiger partial charge in [0.2, 0.25) is 10.0 Å². The number of fused-ring (bicyclic) bond motifs is 1. The Kier molecular flexibility index (Phi) is 3.47. The molecule has 1 aliphatic rings. The van der Waals surface area contributed by atoms with Crippen LogP contribution in [-0.4, -0.2) is 15.0 Å². The van der Waals surface area contributed by atoms with Crippen molar-refractivity contribution >= 4 is 15.7 Å². The Morgan fingerprint density at radius 1 is 1.24 bits per heavy atom. The van der Waals surface area contributed by atoms with E-state index in [0.29, 0.717) is 22.7 Å². The van der Waals surface area contributed by atoms with Crippen molar-refractivity contribution in [1.82, 2.24) is 4.72 Å². The van der Waals surface area contributed by atoms with Crippen molar-refractivity contribution < 1.29 is 8.42 Å². The van der Waals surface area contributed by atoms with E-state index in [-0.39, 0.29) is 5.92 Å². The first-order valence-electron chi connectivity index (χ1n) is 6.91. The summed E-state index contributed by atoms with van der Waals surface area (Å²) in [4.78, 5) is 0.296. The van der Waals surface area contributed by atoms with Crippen LogP contribution in [0.4, 0.5) is 5.69 Å². The van der Waals surface area contributed by atoms with Crippen LogP contribution in [0.3, 0.4) is 0 Å². The highest BCUT2D eigenvalue weighted by Crippen LogP contribution is 2.34. The highest BCUT2D eigenvalue weighted by atomic mass is 32.2. The van der Waals surface area contributed by atoms with Crippen LogP contribution in [0.5, 0.6) is 0 Å². The molecule has 3 N–H and O–H groups in total. The molecule has 0 fully saturated rings. The largest absolute Gasteiger partial charge is 0.399 e. The molecule has 0 amide bonds. The van der Waals surface area contributed by atoms with Gasteiger partial charge in [0.05, 0.1) is 4.90 Å². The van der Waals surface area contributed by atoms with Crippen molar-refractivity contribution in [2.24, 2.45) is 0 Å². The van der Waals surface area contributed by atoms with Crippen molar-refractivity contribution in [3.8, 4) is 0 Å². The maximum Gasteiger partial charge on any atom is 0.240 e. The van der Waals surface area contributed by atoms with E-state index in [0.717, 1.165) is 6.42 Å². The van der Waals surface area contributed by atoms with Crippen LogP contribution in [-0.2, 0) is 16.4 Å². The molecular weight excluding hydrogens is 284 g/mol. The Morgan fingerprint density at radius 2 is 2.00 bits per heavy atom. The van der Waals surface area contributed by atoms with E-state index in [2.05, 4.69) is 16.9 Å². The number of hydrogen-bond acceptors (Lipinski definition) is 3. The van der Waals surface area contributed by atoms with Gasteiger partial charge in [0.25, 0.3) is 0 Å². The quantitative estimate of drug-likeness (QED) is 0.850. The first-order valence-corrected chi connectivity index (χ1v) is 8.39. The van der Waals surface area contributed by atoms with Crippen LogP contribution < -0.4 is 10.5 Å². The molecule has 0 radical (unpaired) electrons. The van der Waals surface area contributed by atoms with Gasteiger partial charge < -0.3 is 5.73 Å². The molecule has 5 heteroatoms. The molecule has 3 rings (SSSR count). The lowest BCUT2D eigenvalue weighted by atomic mass is 9.78. The standard InChI is InChI=1S/C16H18N2O2S/c1-11-8-14(17)6-7-16(11)21(19,20)18-10-13-9-12-4-2-3-5-15(12)13/h2-8,13,18H,9-10,17H2,1H3. The van der Waals surface area contributed by atoms with Gasteiger partial charge in [-0.15, -0.1) is 0 Å². The second-order valence-corrected chi connectivity index (χ2v) is 7.21. The van der Waals surface area contributed by atoms with Crippen LogP contribution in [0.2, 0.25) is 0 Å². The van der Waals surface area contributed by atoms with Crippen molar-refractivity contribution in [2.75, 3.05) is 12.3 Å². The van der Waals surface area contributed by atoms with E-state index >= 15 is 0 Å². The predicted octanol–water partition coefficient (Wildman–Crippen LogP) is 2.20. The minimum absolute atomic E-state index is 0.269. The Hall–Kier alpha value is -1.85. The second-order valence-electron chi connectivity index (χ2n) is 5.48. The molecule has 1 unspecified atom stereocenters. The number of benzene rings is 2. The van der Waals surface area contributed by atoms with Crippen molar-refractivity contribution in [3.05, 3.63) is 59.2 Å². The topological polar surface area (TPSA) is 72.2 Å². The molecule has 1 atom stereocenters. The summed E-state index contributed by atoms with van der Waals surface area (Å²) < 4.78 is 27.4. The van der Waals surface area contributed by atoms with Gasteiger partial charge >= 0.3 is 0 Å². The van der Waals surface area contributed by atoms with Gasteiger partial charge in [0.1, 0.15) is 0 Å². The average molecular weight is 302 g/mol. The Bertz CT molecular complexity index is 785. The summed E-state index contributed by atoms with van der Waals surface area (Å²) in [5.41, 5.74) is 9.45. The molecule has 2 aromatic rings. The van der Waals surface area contributed by atoms with Crippen LogP contribution >= 0.6 is 0 Å². The molecule has 0 aliphatic heterocycles. The zero-order chi connectivity index (χ0) is 15.0. The van der Waals surface area contributed by atoms with Gasteiger partial charge in [-0.1, -0.05) is 24.3 Å².